The van der Waals surface area contributed by atoms with Crippen LogP contribution < -0.4 is 0 Å². The SMILES string of the molecule is CC(C)CN(C1=CCC=CC=C1)S(=O)(=O)c1ccc(C2CO2)cc1. The molecule has 1 fully saturated rings. The highest BCUT2D eigenvalue weighted by Crippen LogP contribution is 2.31. The zero-order valence-electron chi connectivity index (χ0n) is 14.1. The van der Waals surface area contributed by atoms with E-state index in [-0.39, 0.29) is 12.0 Å². The summed E-state index contributed by atoms with van der Waals surface area (Å²) in [6, 6.07) is 7.05. The lowest BCUT2D eigenvalue weighted by Gasteiger charge is -2.27. The average molecular weight is 345 g/mol. The molecule has 1 unspecified atom stereocenters. The highest BCUT2D eigenvalue weighted by atomic mass is 32.2. The number of nitrogens with zero attached hydrogens (tertiary/aromatic N) is 1. The standard InChI is InChI=1S/C19H23NO3S/c1-15(2)13-20(17-7-5-3-4-6-8-17)24(21,22)18-11-9-16(10-12-18)19-14-23-19/h3-5,7-12,15,19H,6,13-14H2,1-2H3. The lowest BCUT2D eigenvalue weighted by atomic mass is 10.2. The summed E-state index contributed by atoms with van der Waals surface area (Å²) in [4.78, 5) is 0.319. The van der Waals surface area contributed by atoms with Crippen LogP contribution in [-0.4, -0.2) is 25.9 Å². The smallest absolute Gasteiger partial charge is 0.264 e. The summed E-state index contributed by atoms with van der Waals surface area (Å²) < 4.78 is 33.1. The van der Waals surface area contributed by atoms with E-state index in [1.807, 2.05) is 56.4 Å². The molecule has 0 radical (unpaired) electrons. The predicted octanol–water partition coefficient (Wildman–Crippen LogP) is 3.80. The number of hydrogen-bond acceptors (Lipinski definition) is 3. The second-order valence-corrected chi connectivity index (χ2v) is 8.34. The van der Waals surface area contributed by atoms with Gasteiger partial charge >= 0.3 is 0 Å². The monoisotopic (exact) mass is 345 g/mol. The van der Waals surface area contributed by atoms with Crippen molar-refractivity contribution in [3.8, 4) is 0 Å². The number of sulfonamides is 1. The fourth-order valence-corrected chi connectivity index (χ4v) is 4.29. The first-order chi connectivity index (χ1) is 11.5. The van der Waals surface area contributed by atoms with E-state index < -0.39 is 10.0 Å². The summed E-state index contributed by atoms with van der Waals surface area (Å²) in [5, 5.41) is 0. The van der Waals surface area contributed by atoms with Gasteiger partial charge in [-0.15, -0.1) is 0 Å². The molecule has 1 heterocycles. The van der Waals surface area contributed by atoms with Gasteiger partial charge in [0.05, 0.1) is 11.5 Å². The molecule has 0 saturated carbocycles. The Kier molecular flexibility index (Phi) is 4.92. The van der Waals surface area contributed by atoms with Crippen LogP contribution in [0.1, 0.15) is 31.9 Å². The second kappa shape index (κ2) is 6.95. The number of hydrogen-bond donors (Lipinski definition) is 0. The molecule has 0 spiro atoms. The lowest BCUT2D eigenvalue weighted by Crippen LogP contribution is -2.33. The Hall–Kier alpha value is -1.85. The van der Waals surface area contributed by atoms with Crippen molar-refractivity contribution in [2.24, 2.45) is 5.92 Å². The van der Waals surface area contributed by atoms with Crippen LogP contribution in [-0.2, 0) is 14.8 Å². The third kappa shape index (κ3) is 3.79. The van der Waals surface area contributed by atoms with Crippen LogP contribution in [0.5, 0.6) is 0 Å². The predicted molar refractivity (Wildman–Crippen MR) is 94.8 cm³/mol. The number of allylic oxidation sites excluding steroid dienone is 5. The summed E-state index contributed by atoms with van der Waals surface area (Å²) >= 11 is 0. The molecule has 0 N–H and O–H groups in total. The molecule has 1 aromatic carbocycles. The van der Waals surface area contributed by atoms with E-state index >= 15 is 0 Å². The van der Waals surface area contributed by atoms with Gasteiger partial charge in [0.15, 0.2) is 0 Å². The van der Waals surface area contributed by atoms with E-state index in [0.717, 1.165) is 24.3 Å². The van der Waals surface area contributed by atoms with Gasteiger partial charge in [0.2, 0.25) is 0 Å². The van der Waals surface area contributed by atoms with E-state index in [1.165, 1.54) is 4.31 Å². The highest BCUT2D eigenvalue weighted by molar-refractivity contribution is 7.89. The van der Waals surface area contributed by atoms with Gasteiger partial charge < -0.3 is 4.74 Å². The van der Waals surface area contributed by atoms with Crippen molar-refractivity contribution in [1.29, 1.82) is 0 Å². The van der Waals surface area contributed by atoms with Crippen molar-refractivity contribution in [1.82, 2.24) is 4.31 Å². The van der Waals surface area contributed by atoms with Gasteiger partial charge in [-0.1, -0.05) is 50.3 Å². The summed E-state index contributed by atoms with van der Waals surface area (Å²) in [6.07, 6.45) is 10.5. The first kappa shape index (κ1) is 17.0. The van der Waals surface area contributed by atoms with Gasteiger partial charge in [0.1, 0.15) is 6.10 Å². The molecule has 0 bridgehead atoms. The van der Waals surface area contributed by atoms with Gasteiger partial charge in [-0.25, -0.2) is 8.42 Å². The summed E-state index contributed by atoms with van der Waals surface area (Å²) in [5.41, 5.74) is 1.76. The van der Waals surface area contributed by atoms with E-state index in [2.05, 4.69) is 0 Å². The second-order valence-electron chi connectivity index (χ2n) is 6.47. The van der Waals surface area contributed by atoms with E-state index in [4.69, 9.17) is 4.74 Å². The Bertz CT molecular complexity index is 769. The Morgan fingerprint density at radius 2 is 1.92 bits per heavy atom. The molecule has 0 amide bonds. The van der Waals surface area contributed by atoms with Gasteiger partial charge in [-0.3, -0.25) is 4.31 Å². The summed E-state index contributed by atoms with van der Waals surface area (Å²) in [6.45, 7) is 5.22. The topological polar surface area (TPSA) is 49.9 Å². The molecule has 1 atom stereocenters. The maximum atomic E-state index is 13.2. The Morgan fingerprint density at radius 1 is 1.21 bits per heavy atom. The first-order valence-electron chi connectivity index (χ1n) is 8.26. The molecule has 1 aliphatic carbocycles. The van der Waals surface area contributed by atoms with Crippen molar-refractivity contribution in [3.05, 3.63) is 65.9 Å². The molecule has 4 nitrogen and oxygen atoms in total. The molecule has 0 aromatic heterocycles. The van der Waals surface area contributed by atoms with Crippen LogP contribution >= 0.6 is 0 Å². The maximum absolute atomic E-state index is 13.2. The Labute approximate surface area is 144 Å². The van der Waals surface area contributed by atoms with Gasteiger partial charge in [-0.05, 0) is 36.1 Å². The van der Waals surface area contributed by atoms with E-state index in [9.17, 15) is 8.42 Å². The van der Waals surface area contributed by atoms with Crippen molar-refractivity contribution in [3.63, 3.8) is 0 Å². The lowest BCUT2D eigenvalue weighted by molar-refractivity contribution is 0.415. The van der Waals surface area contributed by atoms with E-state index in [1.54, 1.807) is 12.1 Å². The zero-order chi connectivity index (χ0) is 17.2. The van der Waals surface area contributed by atoms with Gasteiger partial charge in [0.25, 0.3) is 10.0 Å². The minimum absolute atomic E-state index is 0.132. The third-order valence-corrected chi connectivity index (χ3v) is 5.78. The van der Waals surface area contributed by atoms with Crippen molar-refractivity contribution < 1.29 is 13.2 Å². The zero-order valence-corrected chi connectivity index (χ0v) is 14.9. The minimum atomic E-state index is -3.59. The minimum Gasteiger partial charge on any atom is -0.368 e. The molecule has 5 heteroatoms. The summed E-state index contributed by atoms with van der Waals surface area (Å²) in [7, 11) is -3.59. The number of rotatable bonds is 6. The number of ether oxygens (including phenoxy) is 1. The fraction of sp³-hybridized carbons (Fsp3) is 0.368. The fourth-order valence-electron chi connectivity index (χ4n) is 2.65. The number of epoxide rings is 1. The van der Waals surface area contributed by atoms with Crippen LogP contribution in [0, 0.1) is 5.92 Å². The quantitative estimate of drug-likeness (QED) is 0.737. The highest BCUT2D eigenvalue weighted by Gasteiger charge is 2.28. The molecule has 3 rings (SSSR count). The van der Waals surface area contributed by atoms with Crippen LogP contribution in [0.15, 0.2) is 65.2 Å². The van der Waals surface area contributed by atoms with Crippen molar-refractivity contribution >= 4 is 10.0 Å². The van der Waals surface area contributed by atoms with Crippen molar-refractivity contribution in [2.45, 2.75) is 31.3 Å². The molecule has 1 aliphatic heterocycles. The first-order valence-corrected chi connectivity index (χ1v) is 9.70. The maximum Gasteiger partial charge on any atom is 0.264 e. The molecule has 1 saturated heterocycles. The number of benzene rings is 1. The molecular formula is C19H23NO3S. The van der Waals surface area contributed by atoms with Crippen LogP contribution in [0.2, 0.25) is 0 Å². The Balaban J connectivity index is 1.93. The van der Waals surface area contributed by atoms with Gasteiger partial charge in [-0.2, -0.15) is 0 Å². The molecule has 2 aliphatic rings. The largest absolute Gasteiger partial charge is 0.368 e. The van der Waals surface area contributed by atoms with Crippen molar-refractivity contribution in [2.75, 3.05) is 13.2 Å². The van der Waals surface area contributed by atoms with Gasteiger partial charge in [0, 0.05) is 12.2 Å². The molecule has 1 aromatic rings. The van der Waals surface area contributed by atoms with Crippen LogP contribution in [0.25, 0.3) is 0 Å². The van der Waals surface area contributed by atoms with E-state index in [0.29, 0.717) is 11.4 Å². The summed E-state index contributed by atoms with van der Waals surface area (Å²) in [5.74, 6) is 0.226. The molecule has 128 valence electrons. The van der Waals surface area contributed by atoms with Crippen LogP contribution in [0.4, 0.5) is 0 Å². The normalized spacial score (nSPS) is 20.0. The van der Waals surface area contributed by atoms with Crippen LogP contribution in [0.3, 0.4) is 0 Å². The molecule has 24 heavy (non-hydrogen) atoms. The average Bonchev–Trinajstić information content (AvgIpc) is 3.39. The molecular weight excluding hydrogens is 322 g/mol. The Morgan fingerprint density at radius 3 is 2.54 bits per heavy atom. The third-order valence-electron chi connectivity index (χ3n) is 3.97.